The summed E-state index contributed by atoms with van der Waals surface area (Å²) in [5.74, 6) is 0.566. The number of aliphatic carboxylic acids is 1. The van der Waals surface area contributed by atoms with Gasteiger partial charge in [-0.3, -0.25) is 14.5 Å². The molecule has 1 atom stereocenters. The van der Waals surface area contributed by atoms with Crippen LogP contribution in [-0.4, -0.2) is 65.8 Å². The van der Waals surface area contributed by atoms with E-state index in [1.165, 1.54) is 0 Å². The quantitative estimate of drug-likeness (QED) is 0.870. The van der Waals surface area contributed by atoms with Crippen molar-refractivity contribution in [3.63, 3.8) is 0 Å². The van der Waals surface area contributed by atoms with E-state index in [-0.39, 0.29) is 24.2 Å². The van der Waals surface area contributed by atoms with Crippen molar-refractivity contribution in [3.8, 4) is 11.5 Å². The van der Waals surface area contributed by atoms with Crippen LogP contribution in [0.25, 0.3) is 0 Å². The summed E-state index contributed by atoms with van der Waals surface area (Å²) < 4.78 is 10.7. The Bertz CT molecular complexity index is 742. The van der Waals surface area contributed by atoms with Gasteiger partial charge in [0.25, 0.3) is 5.91 Å². The number of fused-ring (bicyclic) bond motifs is 1. The molecular weight excluding hydrogens is 348 g/mol. The van der Waals surface area contributed by atoms with Crippen LogP contribution in [0.1, 0.15) is 43.0 Å². The fraction of sp³-hybridized carbons (Fsp3) is 0.600. The molecule has 4 rings (SSSR count). The Morgan fingerprint density at radius 3 is 2.67 bits per heavy atom. The van der Waals surface area contributed by atoms with Crippen molar-refractivity contribution >= 4 is 11.9 Å². The Morgan fingerprint density at radius 2 is 1.96 bits per heavy atom. The number of ether oxygens (including phenoxy) is 2. The molecule has 0 radical (unpaired) electrons. The van der Waals surface area contributed by atoms with Crippen molar-refractivity contribution in [3.05, 3.63) is 23.8 Å². The number of nitrogens with zero attached hydrogens (tertiary/aromatic N) is 2. The van der Waals surface area contributed by atoms with Gasteiger partial charge in [0.2, 0.25) is 6.79 Å². The van der Waals surface area contributed by atoms with E-state index in [9.17, 15) is 14.7 Å². The van der Waals surface area contributed by atoms with E-state index in [2.05, 4.69) is 11.8 Å². The Kier molecular flexibility index (Phi) is 4.72. The predicted molar refractivity (Wildman–Crippen MR) is 98.0 cm³/mol. The highest BCUT2D eigenvalue weighted by atomic mass is 16.7. The summed E-state index contributed by atoms with van der Waals surface area (Å²) in [5, 5.41) is 9.56. The molecule has 1 N–H and O–H groups in total. The van der Waals surface area contributed by atoms with Gasteiger partial charge >= 0.3 is 5.97 Å². The molecular formula is C20H26N2O5. The molecule has 1 spiro atoms. The Morgan fingerprint density at radius 1 is 1.22 bits per heavy atom. The summed E-state index contributed by atoms with van der Waals surface area (Å²) in [6, 6.07) is 4.91. The van der Waals surface area contributed by atoms with E-state index in [0.717, 1.165) is 32.4 Å². The second-order valence-corrected chi connectivity index (χ2v) is 7.89. The molecule has 1 aromatic rings. The van der Waals surface area contributed by atoms with Crippen LogP contribution in [0.5, 0.6) is 11.5 Å². The van der Waals surface area contributed by atoms with Gasteiger partial charge in [-0.15, -0.1) is 0 Å². The minimum absolute atomic E-state index is 0.00125. The molecule has 3 heterocycles. The van der Waals surface area contributed by atoms with Gasteiger partial charge in [-0.1, -0.05) is 6.92 Å². The smallest absolute Gasteiger partial charge is 0.320 e. The van der Waals surface area contributed by atoms with E-state index >= 15 is 0 Å². The number of likely N-dealkylation sites (tertiary alicyclic amines) is 2. The first-order chi connectivity index (χ1) is 13.0. The summed E-state index contributed by atoms with van der Waals surface area (Å²) >= 11 is 0. The van der Waals surface area contributed by atoms with Gasteiger partial charge in [0.05, 0.1) is 0 Å². The van der Waals surface area contributed by atoms with E-state index in [4.69, 9.17) is 9.47 Å². The van der Waals surface area contributed by atoms with Gasteiger partial charge in [-0.25, -0.2) is 0 Å². The van der Waals surface area contributed by atoms with Gasteiger partial charge in [0, 0.05) is 25.2 Å². The maximum Gasteiger partial charge on any atom is 0.320 e. The number of amides is 1. The van der Waals surface area contributed by atoms with Crippen molar-refractivity contribution in [2.24, 2.45) is 5.41 Å². The second-order valence-electron chi connectivity index (χ2n) is 7.89. The lowest BCUT2D eigenvalue weighted by atomic mass is 9.76. The molecule has 2 fully saturated rings. The third kappa shape index (κ3) is 3.36. The number of rotatable bonds is 4. The Labute approximate surface area is 158 Å². The predicted octanol–water partition coefficient (Wildman–Crippen LogP) is 2.21. The monoisotopic (exact) mass is 374 g/mol. The van der Waals surface area contributed by atoms with Crippen LogP contribution in [0.2, 0.25) is 0 Å². The largest absolute Gasteiger partial charge is 0.480 e. The highest BCUT2D eigenvalue weighted by molar-refractivity contribution is 5.95. The molecule has 146 valence electrons. The highest BCUT2D eigenvalue weighted by Crippen LogP contribution is 2.44. The zero-order valence-corrected chi connectivity index (χ0v) is 15.6. The number of hydrogen-bond acceptors (Lipinski definition) is 5. The normalized spacial score (nSPS) is 23.7. The minimum Gasteiger partial charge on any atom is -0.480 e. The van der Waals surface area contributed by atoms with E-state index in [1.807, 2.05) is 4.90 Å². The van der Waals surface area contributed by atoms with Crippen molar-refractivity contribution in [1.29, 1.82) is 0 Å². The molecule has 0 bridgehead atoms. The lowest BCUT2D eigenvalue weighted by Crippen LogP contribution is -2.44. The average Bonchev–Trinajstić information content (AvgIpc) is 3.26. The summed E-state index contributed by atoms with van der Waals surface area (Å²) in [7, 11) is 0. The summed E-state index contributed by atoms with van der Waals surface area (Å²) in [6.45, 7) is 5.25. The lowest BCUT2D eigenvalue weighted by molar-refractivity contribution is -0.142. The first-order valence-electron chi connectivity index (χ1n) is 9.67. The number of piperidine rings is 1. The molecule has 7 nitrogen and oxygen atoms in total. The number of carboxylic acids is 1. The van der Waals surface area contributed by atoms with Gasteiger partial charge in [0.15, 0.2) is 11.5 Å². The molecule has 7 heteroatoms. The van der Waals surface area contributed by atoms with Crippen LogP contribution in [0.4, 0.5) is 0 Å². The number of hydrogen-bond donors (Lipinski definition) is 1. The fourth-order valence-corrected chi connectivity index (χ4v) is 4.67. The molecule has 0 saturated carbocycles. The number of carbonyl (C=O) groups is 2. The third-order valence-electron chi connectivity index (χ3n) is 6.13. The second kappa shape index (κ2) is 7.03. The SMILES string of the molecule is CCCN1CC2(CCN(C(=O)c3ccc4c(c3)OCO4)CC2)CC1C(=O)O. The standard InChI is InChI=1S/C20H26N2O5/c1-2-7-22-12-20(11-15(22)19(24)25)5-8-21(9-6-20)18(23)14-3-4-16-17(10-14)27-13-26-16/h3-4,10,15H,2,5-9,11-13H2,1H3,(H,24,25). The first-order valence-corrected chi connectivity index (χ1v) is 9.67. The van der Waals surface area contributed by atoms with Crippen LogP contribution >= 0.6 is 0 Å². The van der Waals surface area contributed by atoms with Crippen molar-refractivity contribution in [2.75, 3.05) is 33.0 Å². The molecule has 1 aromatic carbocycles. The summed E-state index contributed by atoms with van der Waals surface area (Å²) in [5.41, 5.74) is 0.627. The number of carboxylic acid groups (broad SMARTS) is 1. The van der Waals surface area contributed by atoms with Gasteiger partial charge < -0.3 is 19.5 Å². The molecule has 2 saturated heterocycles. The molecule has 27 heavy (non-hydrogen) atoms. The van der Waals surface area contributed by atoms with Crippen LogP contribution in [0.15, 0.2) is 18.2 Å². The molecule has 0 aliphatic carbocycles. The fourth-order valence-electron chi connectivity index (χ4n) is 4.67. The molecule has 1 amide bonds. The van der Waals surface area contributed by atoms with Crippen LogP contribution in [0, 0.1) is 5.41 Å². The molecule has 0 aromatic heterocycles. The topological polar surface area (TPSA) is 79.3 Å². The van der Waals surface area contributed by atoms with Gasteiger partial charge in [-0.05, 0) is 55.8 Å². The average molecular weight is 374 g/mol. The van der Waals surface area contributed by atoms with Crippen molar-refractivity contribution < 1.29 is 24.2 Å². The van der Waals surface area contributed by atoms with E-state index in [1.54, 1.807) is 18.2 Å². The van der Waals surface area contributed by atoms with Crippen LogP contribution in [0.3, 0.4) is 0 Å². The minimum atomic E-state index is -0.723. The zero-order chi connectivity index (χ0) is 19.0. The van der Waals surface area contributed by atoms with Gasteiger partial charge in [0.1, 0.15) is 6.04 Å². The molecule has 3 aliphatic rings. The summed E-state index contributed by atoms with van der Waals surface area (Å²) in [6.07, 6.45) is 3.35. The Hall–Kier alpha value is -2.28. The summed E-state index contributed by atoms with van der Waals surface area (Å²) in [4.78, 5) is 28.5. The number of benzene rings is 1. The van der Waals surface area contributed by atoms with Crippen LogP contribution in [-0.2, 0) is 4.79 Å². The number of carbonyl (C=O) groups excluding carboxylic acids is 1. The highest BCUT2D eigenvalue weighted by Gasteiger charge is 2.48. The lowest BCUT2D eigenvalue weighted by Gasteiger charge is -2.39. The van der Waals surface area contributed by atoms with E-state index in [0.29, 0.717) is 36.6 Å². The maximum absolute atomic E-state index is 12.9. The molecule has 1 unspecified atom stereocenters. The van der Waals surface area contributed by atoms with Crippen molar-refractivity contribution in [2.45, 2.75) is 38.6 Å². The first kappa shape index (κ1) is 18.1. The van der Waals surface area contributed by atoms with Crippen LogP contribution < -0.4 is 9.47 Å². The molecule has 3 aliphatic heterocycles. The third-order valence-corrected chi connectivity index (χ3v) is 6.13. The van der Waals surface area contributed by atoms with Gasteiger partial charge in [-0.2, -0.15) is 0 Å². The van der Waals surface area contributed by atoms with Crippen molar-refractivity contribution in [1.82, 2.24) is 9.80 Å². The zero-order valence-electron chi connectivity index (χ0n) is 15.6. The Balaban J connectivity index is 1.41. The maximum atomic E-state index is 12.9. The van der Waals surface area contributed by atoms with E-state index < -0.39 is 5.97 Å².